The number of nitrogens with one attached hydrogen (secondary N) is 1. The molecule has 0 radical (unpaired) electrons. The summed E-state index contributed by atoms with van der Waals surface area (Å²) in [5, 5.41) is 13.1. The zero-order valence-electron chi connectivity index (χ0n) is 13.8. The first-order valence-corrected chi connectivity index (χ1v) is 8.50. The van der Waals surface area contributed by atoms with Gasteiger partial charge < -0.3 is 10.4 Å². The third-order valence-corrected chi connectivity index (χ3v) is 4.45. The van der Waals surface area contributed by atoms with Crippen LogP contribution in [0, 0.1) is 0 Å². The van der Waals surface area contributed by atoms with E-state index in [0.29, 0.717) is 18.1 Å². The van der Waals surface area contributed by atoms with Crippen molar-refractivity contribution in [1.29, 1.82) is 0 Å². The number of nitrogens with zero attached hydrogens (tertiary/aromatic N) is 2. The van der Waals surface area contributed by atoms with E-state index in [4.69, 9.17) is 11.6 Å². The monoisotopic (exact) mass is 339 g/mol. The molecular weight excluding hydrogens is 314 g/mol. The van der Waals surface area contributed by atoms with Gasteiger partial charge in [0.1, 0.15) is 0 Å². The second kappa shape index (κ2) is 8.64. The minimum atomic E-state index is -0.304. The highest BCUT2D eigenvalue weighted by molar-refractivity contribution is 6.31. The maximum Gasteiger partial charge on any atom is 0.234 e. The molecule has 1 aromatic rings. The maximum absolute atomic E-state index is 12.2. The number of carbonyl (C=O) groups is 1. The third kappa shape index (κ3) is 5.77. The number of carbonyl (C=O) groups excluding carboxylic acids is 1. The molecule has 0 saturated carbocycles. The van der Waals surface area contributed by atoms with Gasteiger partial charge in [-0.05, 0) is 25.5 Å². The van der Waals surface area contributed by atoms with Crippen LogP contribution in [0.25, 0.3) is 0 Å². The Hall–Kier alpha value is -1.14. The maximum atomic E-state index is 12.2. The highest BCUT2D eigenvalue weighted by Gasteiger charge is 2.20. The summed E-state index contributed by atoms with van der Waals surface area (Å²) in [5.41, 5.74) is 0.935. The molecule has 23 heavy (non-hydrogen) atoms. The van der Waals surface area contributed by atoms with Crippen molar-refractivity contribution < 1.29 is 9.90 Å². The van der Waals surface area contributed by atoms with E-state index in [1.54, 1.807) is 6.92 Å². The number of halogens is 1. The molecule has 0 bridgehead atoms. The summed E-state index contributed by atoms with van der Waals surface area (Å²) in [6.07, 6.45) is -0.304. The molecule has 1 aliphatic rings. The molecular formula is C17H26ClN3O2. The van der Waals surface area contributed by atoms with Gasteiger partial charge in [0.15, 0.2) is 0 Å². The van der Waals surface area contributed by atoms with Gasteiger partial charge in [0.05, 0.1) is 18.7 Å². The fraction of sp³-hybridized carbons (Fsp3) is 0.588. The molecule has 6 heteroatoms. The van der Waals surface area contributed by atoms with Crippen LogP contribution in [-0.4, -0.2) is 66.2 Å². The van der Waals surface area contributed by atoms with Gasteiger partial charge in [-0.1, -0.05) is 29.8 Å². The lowest BCUT2D eigenvalue weighted by Gasteiger charge is -2.35. The van der Waals surface area contributed by atoms with E-state index < -0.39 is 0 Å². The Morgan fingerprint density at radius 2 is 1.83 bits per heavy atom. The quantitative estimate of drug-likeness (QED) is 0.825. The van der Waals surface area contributed by atoms with Gasteiger partial charge >= 0.3 is 0 Å². The number of hydrogen-bond acceptors (Lipinski definition) is 4. The minimum absolute atomic E-state index is 0.0152. The molecule has 2 N–H and O–H groups in total. The Labute approximate surface area is 143 Å². The van der Waals surface area contributed by atoms with Crippen LogP contribution in [0.1, 0.15) is 25.5 Å². The van der Waals surface area contributed by atoms with Crippen molar-refractivity contribution in [3.63, 3.8) is 0 Å². The molecule has 1 saturated heterocycles. The standard InChI is InChI=1S/C17H26ClN3O2/c1-13(22)11-20-7-9-21(10-8-20)12-17(23)19-14(2)15-5-3-4-6-16(15)18/h3-6,13-14,22H,7-12H2,1-2H3,(H,19,23)/t13-,14+/m0/s1. The van der Waals surface area contributed by atoms with E-state index in [0.717, 1.165) is 31.7 Å². The number of rotatable bonds is 6. The molecule has 0 spiro atoms. The Bertz CT molecular complexity index is 516. The van der Waals surface area contributed by atoms with E-state index in [1.165, 1.54) is 0 Å². The predicted octanol–water partition coefficient (Wildman–Crippen LogP) is 1.52. The number of piperazine rings is 1. The minimum Gasteiger partial charge on any atom is -0.392 e. The van der Waals surface area contributed by atoms with Gasteiger partial charge in [-0.2, -0.15) is 0 Å². The summed E-state index contributed by atoms with van der Waals surface area (Å²) in [6, 6.07) is 7.47. The number of amides is 1. The summed E-state index contributed by atoms with van der Waals surface area (Å²) in [5.74, 6) is 0.0152. The zero-order chi connectivity index (χ0) is 16.8. The molecule has 5 nitrogen and oxygen atoms in total. The van der Waals surface area contributed by atoms with Crippen LogP contribution in [0.2, 0.25) is 5.02 Å². The number of benzene rings is 1. The van der Waals surface area contributed by atoms with Crippen molar-refractivity contribution in [2.45, 2.75) is 26.0 Å². The number of aliphatic hydroxyl groups is 1. The smallest absolute Gasteiger partial charge is 0.234 e. The summed E-state index contributed by atoms with van der Waals surface area (Å²) in [4.78, 5) is 16.6. The van der Waals surface area contributed by atoms with Gasteiger partial charge in [0, 0.05) is 37.7 Å². The van der Waals surface area contributed by atoms with Crippen LogP contribution < -0.4 is 5.32 Å². The molecule has 0 unspecified atom stereocenters. The molecule has 2 rings (SSSR count). The van der Waals surface area contributed by atoms with Gasteiger partial charge in [-0.15, -0.1) is 0 Å². The first-order valence-electron chi connectivity index (χ1n) is 8.12. The van der Waals surface area contributed by atoms with E-state index in [9.17, 15) is 9.90 Å². The van der Waals surface area contributed by atoms with Crippen LogP contribution in [0.5, 0.6) is 0 Å². The molecule has 0 aliphatic carbocycles. The van der Waals surface area contributed by atoms with E-state index >= 15 is 0 Å². The topological polar surface area (TPSA) is 55.8 Å². The fourth-order valence-electron chi connectivity index (χ4n) is 2.90. The van der Waals surface area contributed by atoms with Crippen molar-refractivity contribution in [3.05, 3.63) is 34.9 Å². The van der Waals surface area contributed by atoms with Crippen molar-refractivity contribution in [3.8, 4) is 0 Å². The lowest BCUT2D eigenvalue weighted by atomic mass is 10.1. The molecule has 0 aromatic heterocycles. The normalized spacial score (nSPS) is 19.3. The van der Waals surface area contributed by atoms with Crippen molar-refractivity contribution in [2.75, 3.05) is 39.3 Å². The lowest BCUT2D eigenvalue weighted by Crippen LogP contribution is -2.50. The van der Waals surface area contributed by atoms with Gasteiger partial charge in [0.25, 0.3) is 0 Å². The number of hydrogen-bond donors (Lipinski definition) is 2. The van der Waals surface area contributed by atoms with E-state index in [1.807, 2.05) is 31.2 Å². The predicted molar refractivity (Wildman–Crippen MR) is 92.6 cm³/mol. The molecule has 2 atom stereocenters. The average molecular weight is 340 g/mol. The van der Waals surface area contributed by atoms with Crippen molar-refractivity contribution >= 4 is 17.5 Å². The van der Waals surface area contributed by atoms with Crippen LogP contribution in [0.3, 0.4) is 0 Å². The van der Waals surface area contributed by atoms with Crippen LogP contribution in [0.15, 0.2) is 24.3 Å². The lowest BCUT2D eigenvalue weighted by molar-refractivity contribution is -0.123. The first kappa shape index (κ1) is 18.2. The Morgan fingerprint density at radius 3 is 2.43 bits per heavy atom. The van der Waals surface area contributed by atoms with Crippen molar-refractivity contribution in [1.82, 2.24) is 15.1 Å². The first-order chi connectivity index (χ1) is 11.0. The van der Waals surface area contributed by atoms with Crippen LogP contribution >= 0.6 is 11.6 Å². The molecule has 1 fully saturated rings. The van der Waals surface area contributed by atoms with Gasteiger partial charge in [-0.3, -0.25) is 14.6 Å². The average Bonchev–Trinajstić information content (AvgIpc) is 2.49. The summed E-state index contributed by atoms with van der Waals surface area (Å²) in [6.45, 7) is 8.31. The molecule has 128 valence electrons. The molecule has 1 aromatic carbocycles. The van der Waals surface area contributed by atoms with Gasteiger partial charge in [0.2, 0.25) is 5.91 Å². The Morgan fingerprint density at radius 1 is 1.22 bits per heavy atom. The molecule has 1 amide bonds. The van der Waals surface area contributed by atoms with Crippen LogP contribution in [-0.2, 0) is 4.79 Å². The molecule has 1 aliphatic heterocycles. The highest BCUT2D eigenvalue weighted by Crippen LogP contribution is 2.21. The van der Waals surface area contributed by atoms with Crippen molar-refractivity contribution in [2.24, 2.45) is 0 Å². The molecule has 1 heterocycles. The second-order valence-electron chi connectivity index (χ2n) is 6.24. The number of aliphatic hydroxyl groups excluding tert-OH is 1. The third-order valence-electron chi connectivity index (χ3n) is 4.10. The Kier molecular flexibility index (Phi) is 6.84. The fourth-order valence-corrected chi connectivity index (χ4v) is 3.20. The summed E-state index contributed by atoms with van der Waals surface area (Å²) in [7, 11) is 0. The highest BCUT2D eigenvalue weighted by atomic mass is 35.5. The second-order valence-corrected chi connectivity index (χ2v) is 6.64. The van der Waals surface area contributed by atoms with E-state index in [2.05, 4.69) is 15.1 Å². The summed E-state index contributed by atoms with van der Waals surface area (Å²) < 4.78 is 0. The largest absolute Gasteiger partial charge is 0.392 e. The van der Waals surface area contributed by atoms with Crippen LogP contribution in [0.4, 0.5) is 0 Å². The van der Waals surface area contributed by atoms with Gasteiger partial charge in [-0.25, -0.2) is 0 Å². The summed E-state index contributed by atoms with van der Waals surface area (Å²) >= 11 is 6.16. The number of β-amino-alcohol motifs (C(OH)–C–C–N with tert-alkyl or cyclic N) is 1. The van der Waals surface area contributed by atoms with E-state index in [-0.39, 0.29) is 18.1 Å². The zero-order valence-corrected chi connectivity index (χ0v) is 14.6. The Balaban J connectivity index is 1.76. The SMILES string of the molecule is C[C@H](O)CN1CCN(CC(=O)N[C@H](C)c2ccccc2Cl)CC1.